The van der Waals surface area contributed by atoms with Crippen LogP contribution in [0.1, 0.15) is 6.92 Å². The number of carbonyl (C=O) groups excluding carboxylic acids is 1. The van der Waals surface area contributed by atoms with Crippen LogP contribution in [0, 0.1) is 0 Å². The molecule has 0 heterocycles. The van der Waals surface area contributed by atoms with Crippen LogP contribution in [0.3, 0.4) is 0 Å². The molecule has 0 aromatic heterocycles. The van der Waals surface area contributed by atoms with E-state index < -0.39 is 6.04 Å². The molecule has 0 spiro atoms. The standard InChI is InChI=1S/C17H18BrClN2O3/c1-10(17(22)21-12-6-4-11(18)5-7-12)20-14-8-13(19)15(23-2)9-16(14)24-3/h4-10,20H,1-3H3,(H,21,22)/t10-/m0/s1. The summed E-state index contributed by atoms with van der Waals surface area (Å²) in [5.41, 5.74) is 1.33. The summed E-state index contributed by atoms with van der Waals surface area (Å²) >= 11 is 9.50. The minimum Gasteiger partial charge on any atom is -0.495 e. The van der Waals surface area contributed by atoms with Crippen LogP contribution in [0.2, 0.25) is 5.02 Å². The predicted octanol–water partition coefficient (Wildman–Crippen LogP) is 4.56. The van der Waals surface area contributed by atoms with E-state index >= 15 is 0 Å². The number of amides is 1. The molecule has 0 unspecified atom stereocenters. The molecule has 0 fully saturated rings. The van der Waals surface area contributed by atoms with Crippen LogP contribution in [-0.2, 0) is 4.79 Å². The highest BCUT2D eigenvalue weighted by Gasteiger charge is 2.17. The molecular formula is C17H18BrClN2O3. The molecule has 24 heavy (non-hydrogen) atoms. The number of nitrogens with one attached hydrogen (secondary N) is 2. The van der Waals surface area contributed by atoms with E-state index in [-0.39, 0.29) is 5.91 Å². The van der Waals surface area contributed by atoms with Gasteiger partial charge in [-0.1, -0.05) is 27.5 Å². The van der Waals surface area contributed by atoms with E-state index in [2.05, 4.69) is 26.6 Å². The number of carbonyl (C=O) groups is 1. The Hall–Kier alpha value is -1.92. The van der Waals surface area contributed by atoms with Crippen LogP contribution in [0.15, 0.2) is 40.9 Å². The number of anilines is 2. The Morgan fingerprint density at radius 3 is 2.33 bits per heavy atom. The Bertz CT molecular complexity index is 723. The third kappa shape index (κ3) is 4.55. The molecule has 128 valence electrons. The summed E-state index contributed by atoms with van der Waals surface area (Å²) in [6, 6.07) is 10.2. The summed E-state index contributed by atoms with van der Waals surface area (Å²) in [6.07, 6.45) is 0. The van der Waals surface area contributed by atoms with E-state index in [1.807, 2.05) is 24.3 Å². The lowest BCUT2D eigenvalue weighted by atomic mass is 10.2. The summed E-state index contributed by atoms with van der Waals surface area (Å²) in [7, 11) is 3.07. The Morgan fingerprint density at radius 2 is 1.75 bits per heavy atom. The second kappa shape index (κ2) is 8.26. The normalized spacial score (nSPS) is 11.5. The van der Waals surface area contributed by atoms with Gasteiger partial charge >= 0.3 is 0 Å². The molecule has 0 bridgehead atoms. The second-order valence-electron chi connectivity index (χ2n) is 5.05. The van der Waals surface area contributed by atoms with Crippen LogP contribution >= 0.6 is 27.5 Å². The third-order valence-electron chi connectivity index (χ3n) is 3.35. The molecule has 2 aromatic carbocycles. The van der Waals surface area contributed by atoms with Gasteiger partial charge in [0, 0.05) is 16.2 Å². The van der Waals surface area contributed by atoms with Gasteiger partial charge < -0.3 is 20.1 Å². The van der Waals surface area contributed by atoms with Gasteiger partial charge in [-0.05, 0) is 37.3 Å². The van der Waals surface area contributed by atoms with Gasteiger partial charge in [0.15, 0.2) is 0 Å². The molecule has 5 nitrogen and oxygen atoms in total. The molecule has 1 atom stereocenters. The lowest BCUT2D eigenvalue weighted by molar-refractivity contribution is -0.116. The van der Waals surface area contributed by atoms with E-state index in [1.54, 1.807) is 26.2 Å². The first-order valence-corrected chi connectivity index (χ1v) is 8.36. The quantitative estimate of drug-likeness (QED) is 0.729. The zero-order valence-corrected chi connectivity index (χ0v) is 15.9. The summed E-state index contributed by atoms with van der Waals surface area (Å²) in [6.45, 7) is 1.76. The average molecular weight is 414 g/mol. The number of ether oxygens (including phenoxy) is 2. The number of hydrogen-bond acceptors (Lipinski definition) is 4. The summed E-state index contributed by atoms with van der Waals surface area (Å²) in [5.74, 6) is 0.872. The fourth-order valence-electron chi connectivity index (χ4n) is 2.06. The van der Waals surface area contributed by atoms with Gasteiger partial charge in [-0.3, -0.25) is 4.79 Å². The van der Waals surface area contributed by atoms with E-state index in [0.717, 1.165) is 10.2 Å². The minimum absolute atomic E-state index is 0.175. The van der Waals surface area contributed by atoms with Crippen molar-refractivity contribution in [3.8, 4) is 11.5 Å². The predicted molar refractivity (Wildman–Crippen MR) is 100 cm³/mol. The van der Waals surface area contributed by atoms with Crippen molar-refractivity contribution in [2.45, 2.75) is 13.0 Å². The smallest absolute Gasteiger partial charge is 0.246 e. The Balaban J connectivity index is 2.10. The van der Waals surface area contributed by atoms with Crippen LogP contribution in [0.5, 0.6) is 11.5 Å². The minimum atomic E-state index is -0.494. The Labute approximate surface area is 154 Å². The zero-order chi connectivity index (χ0) is 17.7. The first kappa shape index (κ1) is 18.4. The lowest BCUT2D eigenvalue weighted by Gasteiger charge is -2.18. The monoisotopic (exact) mass is 412 g/mol. The first-order valence-electron chi connectivity index (χ1n) is 7.19. The van der Waals surface area contributed by atoms with Crippen molar-refractivity contribution < 1.29 is 14.3 Å². The molecule has 2 rings (SSSR count). The summed E-state index contributed by atoms with van der Waals surface area (Å²) < 4.78 is 11.4. The molecule has 7 heteroatoms. The molecule has 1 amide bonds. The maximum Gasteiger partial charge on any atom is 0.246 e. The largest absolute Gasteiger partial charge is 0.495 e. The van der Waals surface area contributed by atoms with E-state index in [1.165, 1.54) is 7.11 Å². The van der Waals surface area contributed by atoms with Gasteiger partial charge in [-0.15, -0.1) is 0 Å². The molecular weight excluding hydrogens is 396 g/mol. The van der Waals surface area contributed by atoms with Gasteiger partial charge in [0.05, 0.1) is 24.9 Å². The highest BCUT2D eigenvalue weighted by molar-refractivity contribution is 9.10. The second-order valence-corrected chi connectivity index (χ2v) is 6.37. The van der Waals surface area contributed by atoms with E-state index in [0.29, 0.717) is 22.2 Å². The fraction of sp³-hybridized carbons (Fsp3) is 0.235. The summed E-state index contributed by atoms with van der Waals surface area (Å²) in [5, 5.41) is 6.37. The maximum atomic E-state index is 12.3. The van der Waals surface area contributed by atoms with E-state index in [9.17, 15) is 4.79 Å². The maximum absolute atomic E-state index is 12.3. The van der Waals surface area contributed by atoms with Crippen molar-refractivity contribution in [3.63, 3.8) is 0 Å². The van der Waals surface area contributed by atoms with Gasteiger partial charge in [0.2, 0.25) is 5.91 Å². The Kier molecular flexibility index (Phi) is 6.34. The fourth-order valence-corrected chi connectivity index (χ4v) is 2.56. The first-order chi connectivity index (χ1) is 11.4. The SMILES string of the molecule is COc1cc(OC)c(N[C@@H](C)C(=O)Nc2ccc(Br)cc2)cc1Cl. The molecule has 0 aliphatic heterocycles. The highest BCUT2D eigenvalue weighted by Crippen LogP contribution is 2.36. The molecule has 0 aliphatic carbocycles. The number of hydrogen-bond donors (Lipinski definition) is 2. The van der Waals surface area contributed by atoms with Gasteiger partial charge in [0.25, 0.3) is 0 Å². The van der Waals surface area contributed by atoms with Crippen molar-refractivity contribution in [1.29, 1.82) is 0 Å². The molecule has 2 N–H and O–H groups in total. The molecule has 0 saturated heterocycles. The zero-order valence-electron chi connectivity index (χ0n) is 13.5. The lowest BCUT2D eigenvalue weighted by Crippen LogP contribution is -2.32. The topological polar surface area (TPSA) is 59.6 Å². The van der Waals surface area contributed by atoms with Crippen LogP contribution in [0.25, 0.3) is 0 Å². The van der Waals surface area contributed by atoms with Crippen molar-refractivity contribution in [3.05, 3.63) is 45.9 Å². The van der Waals surface area contributed by atoms with Gasteiger partial charge in [0.1, 0.15) is 17.5 Å². The highest BCUT2D eigenvalue weighted by atomic mass is 79.9. The number of methoxy groups -OCH3 is 2. The van der Waals surface area contributed by atoms with Crippen LogP contribution in [0.4, 0.5) is 11.4 Å². The van der Waals surface area contributed by atoms with Crippen molar-refractivity contribution in [2.24, 2.45) is 0 Å². The van der Waals surface area contributed by atoms with Crippen molar-refractivity contribution in [1.82, 2.24) is 0 Å². The van der Waals surface area contributed by atoms with Crippen molar-refractivity contribution in [2.75, 3.05) is 24.9 Å². The van der Waals surface area contributed by atoms with Crippen LogP contribution < -0.4 is 20.1 Å². The number of benzene rings is 2. The van der Waals surface area contributed by atoms with E-state index in [4.69, 9.17) is 21.1 Å². The Morgan fingerprint density at radius 1 is 1.12 bits per heavy atom. The molecule has 0 radical (unpaired) electrons. The van der Waals surface area contributed by atoms with Gasteiger partial charge in [-0.25, -0.2) is 0 Å². The van der Waals surface area contributed by atoms with Gasteiger partial charge in [-0.2, -0.15) is 0 Å². The molecule has 0 saturated carbocycles. The van der Waals surface area contributed by atoms with Crippen LogP contribution in [-0.4, -0.2) is 26.2 Å². The molecule has 2 aromatic rings. The molecule has 0 aliphatic rings. The number of rotatable bonds is 6. The van der Waals surface area contributed by atoms with Crippen molar-refractivity contribution >= 4 is 44.8 Å². The number of halogens is 2. The average Bonchev–Trinajstić information content (AvgIpc) is 2.57. The summed E-state index contributed by atoms with van der Waals surface area (Å²) in [4.78, 5) is 12.3. The third-order valence-corrected chi connectivity index (χ3v) is 4.18.